The minimum atomic E-state index is 0.214. The van der Waals surface area contributed by atoms with Crippen molar-refractivity contribution in [2.75, 3.05) is 37.0 Å². The molecule has 0 aliphatic carbocycles. The quantitative estimate of drug-likeness (QED) is 0.798. The maximum Gasteiger partial charge on any atom is 0.222 e. The van der Waals surface area contributed by atoms with Crippen molar-refractivity contribution in [3.63, 3.8) is 0 Å². The molecule has 2 rings (SSSR count). The van der Waals surface area contributed by atoms with Crippen molar-refractivity contribution in [2.45, 2.75) is 12.8 Å². The van der Waals surface area contributed by atoms with E-state index in [0.29, 0.717) is 12.3 Å². The molecular weight excluding hydrogens is 283 g/mol. The molecule has 1 aliphatic rings. The topological polar surface area (TPSA) is 23.6 Å². The molecule has 0 spiro atoms. The van der Waals surface area contributed by atoms with Crippen molar-refractivity contribution in [1.29, 1.82) is 0 Å². The van der Waals surface area contributed by atoms with Gasteiger partial charge in [-0.25, -0.2) is 0 Å². The number of amides is 1. The fraction of sp³-hybridized carbons (Fsp3) is 0.500. The summed E-state index contributed by atoms with van der Waals surface area (Å²) in [7, 11) is 0. The second-order valence-corrected chi connectivity index (χ2v) is 5.45. The molecule has 1 aliphatic heterocycles. The van der Waals surface area contributed by atoms with Crippen molar-refractivity contribution in [3.8, 4) is 0 Å². The molecule has 1 heterocycles. The van der Waals surface area contributed by atoms with E-state index in [4.69, 9.17) is 23.2 Å². The van der Waals surface area contributed by atoms with Gasteiger partial charge in [0.1, 0.15) is 0 Å². The van der Waals surface area contributed by atoms with Crippen LogP contribution in [-0.2, 0) is 4.79 Å². The SMILES string of the molecule is O=C(CCCCl)N1CCN(c2cccc(Cl)c2)CC1. The van der Waals surface area contributed by atoms with E-state index in [0.717, 1.165) is 43.3 Å². The maximum absolute atomic E-state index is 11.9. The van der Waals surface area contributed by atoms with Crippen LogP contribution in [0, 0.1) is 0 Å². The first-order valence-electron chi connectivity index (χ1n) is 6.55. The van der Waals surface area contributed by atoms with Crippen LogP contribution in [0.25, 0.3) is 0 Å². The first-order valence-corrected chi connectivity index (χ1v) is 7.46. The van der Waals surface area contributed by atoms with Crippen LogP contribution in [0.1, 0.15) is 12.8 Å². The van der Waals surface area contributed by atoms with E-state index in [-0.39, 0.29) is 5.91 Å². The lowest BCUT2D eigenvalue weighted by Gasteiger charge is -2.36. The normalized spacial score (nSPS) is 15.7. The molecule has 1 amide bonds. The van der Waals surface area contributed by atoms with E-state index in [1.165, 1.54) is 0 Å². The Labute approximate surface area is 124 Å². The van der Waals surface area contributed by atoms with Crippen LogP contribution in [0.2, 0.25) is 5.02 Å². The molecule has 0 aromatic heterocycles. The Kier molecular flexibility index (Phi) is 5.34. The summed E-state index contributed by atoms with van der Waals surface area (Å²) in [5.41, 5.74) is 1.13. The van der Waals surface area contributed by atoms with Gasteiger partial charge in [0.05, 0.1) is 0 Å². The summed E-state index contributed by atoms with van der Waals surface area (Å²) in [6.07, 6.45) is 1.32. The van der Waals surface area contributed by atoms with E-state index in [9.17, 15) is 4.79 Å². The largest absolute Gasteiger partial charge is 0.368 e. The van der Waals surface area contributed by atoms with E-state index in [2.05, 4.69) is 11.0 Å². The summed E-state index contributed by atoms with van der Waals surface area (Å²) < 4.78 is 0. The van der Waals surface area contributed by atoms with E-state index in [1.54, 1.807) is 0 Å². The highest BCUT2D eigenvalue weighted by molar-refractivity contribution is 6.30. The molecule has 0 saturated carbocycles. The van der Waals surface area contributed by atoms with Crippen molar-refractivity contribution >= 4 is 34.8 Å². The van der Waals surface area contributed by atoms with Gasteiger partial charge in [-0.3, -0.25) is 4.79 Å². The van der Waals surface area contributed by atoms with Gasteiger partial charge in [0.25, 0.3) is 0 Å². The number of hydrogen-bond donors (Lipinski definition) is 0. The highest BCUT2D eigenvalue weighted by Crippen LogP contribution is 2.20. The molecule has 0 atom stereocenters. The maximum atomic E-state index is 11.9. The minimum absolute atomic E-state index is 0.214. The van der Waals surface area contributed by atoms with Gasteiger partial charge in [-0.1, -0.05) is 17.7 Å². The van der Waals surface area contributed by atoms with Crippen molar-refractivity contribution in [3.05, 3.63) is 29.3 Å². The lowest BCUT2D eigenvalue weighted by Crippen LogP contribution is -2.48. The van der Waals surface area contributed by atoms with E-state index >= 15 is 0 Å². The van der Waals surface area contributed by atoms with Gasteiger partial charge in [-0.05, 0) is 24.6 Å². The number of piperazine rings is 1. The molecule has 3 nitrogen and oxygen atoms in total. The summed E-state index contributed by atoms with van der Waals surface area (Å²) in [5.74, 6) is 0.764. The molecule has 5 heteroatoms. The number of benzene rings is 1. The predicted octanol–water partition coefficient (Wildman–Crippen LogP) is 3.01. The monoisotopic (exact) mass is 300 g/mol. The zero-order chi connectivity index (χ0) is 13.7. The number of halogens is 2. The number of hydrogen-bond acceptors (Lipinski definition) is 2. The summed E-state index contributed by atoms with van der Waals surface area (Å²) in [6, 6.07) is 7.84. The number of carbonyl (C=O) groups excluding carboxylic acids is 1. The van der Waals surface area contributed by atoms with Gasteiger partial charge < -0.3 is 9.80 Å². The minimum Gasteiger partial charge on any atom is -0.368 e. The predicted molar refractivity (Wildman–Crippen MR) is 80.2 cm³/mol. The lowest BCUT2D eigenvalue weighted by atomic mass is 10.2. The number of anilines is 1. The molecule has 1 aromatic carbocycles. The number of rotatable bonds is 4. The van der Waals surface area contributed by atoms with Crippen LogP contribution in [0.15, 0.2) is 24.3 Å². The molecule has 0 N–H and O–H groups in total. The summed E-state index contributed by atoms with van der Waals surface area (Å²) in [5, 5.41) is 0.748. The fourth-order valence-corrected chi connectivity index (χ4v) is 2.58. The van der Waals surface area contributed by atoms with Crippen molar-refractivity contribution in [2.24, 2.45) is 0 Å². The lowest BCUT2D eigenvalue weighted by molar-refractivity contribution is -0.131. The second-order valence-electron chi connectivity index (χ2n) is 4.64. The Bertz CT molecular complexity index is 431. The highest BCUT2D eigenvalue weighted by Gasteiger charge is 2.20. The van der Waals surface area contributed by atoms with Gasteiger partial charge >= 0.3 is 0 Å². The van der Waals surface area contributed by atoms with E-state index in [1.807, 2.05) is 23.1 Å². The zero-order valence-electron chi connectivity index (χ0n) is 10.8. The zero-order valence-corrected chi connectivity index (χ0v) is 12.3. The second kappa shape index (κ2) is 7.01. The van der Waals surface area contributed by atoms with Crippen LogP contribution < -0.4 is 4.90 Å². The summed E-state index contributed by atoms with van der Waals surface area (Å²) >= 11 is 11.6. The Hall–Kier alpha value is -0.930. The molecule has 19 heavy (non-hydrogen) atoms. The third-order valence-corrected chi connectivity index (χ3v) is 3.83. The van der Waals surface area contributed by atoms with Crippen molar-refractivity contribution in [1.82, 2.24) is 4.90 Å². The molecule has 1 saturated heterocycles. The van der Waals surface area contributed by atoms with Gasteiger partial charge in [-0.2, -0.15) is 0 Å². The molecule has 1 aromatic rings. The third kappa shape index (κ3) is 4.02. The fourth-order valence-electron chi connectivity index (χ4n) is 2.26. The molecular formula is C14H18Cl2N2O. The average molecular weight is 301 g/mol. The standard InChI is InChI=1S/C14H18Cl2N2O/c15-6-2-5-14(19)18-9-7-17(8-10-18)13-4-1-3-12(16)11-13/h1,3-4,11H,2,5-10H2. The molecule has 1 fully saturated rings. The Morgan fingerprint density at radius 1 is 1.21 bits per heavy atom. The van der Waals surface area contributed by atoms with Crippen molar-refractivity contribution < 1.29 is 4.79 Å². The number of alkyl halides is 1. The molecule has 104 valence electrons. The Morgan fingerprint density at radius 3 is 2.58 bits per heavy atom. The third-order valence-electron chi connectivity index (χ3n) is 3.33. The Balaban J connectivity index is 1.87. The number of nitrogens with zero attached hydrogens (tertiary/aromatic N) is 2. The molecule has 0 radical (unpaired) electrons. The van der Waals surface area contributed by atoms with E-state index < -0.39 is 0 Å². The molecule has 0 bridgehead atoms. The summed E-state index contributed by atoms with van der Waals surface area (Å²) in [4.78, 5) is 16.1. The number of carbonyl (C=O) groups is 1. The van der Waals surface area contributed by atoms with Gasteiger partial charge in [0, 0.05) is 49.2 Å². The average Bonchev–Trinajstić information content (AvgIpc) is 2.45. The first-order chi connectivity index (χ1) is 9.20. The van der Waals surface area contributed by atoms with Crippen LogP contribution >= 0.6 is 23.2 Å². The molecule has 0 unspecified atom stereocenters. The smallest absolute Gasteiger partial charge is 0.222 e. The van der Waals surface area contributed by atoms with Crippen LogP contribution in [0.4, 0.5) is 5.69 Å². The highest BCUT2D eigenvalue weighted by atomic mass is 35.5. The van der Waals surface area contributed by atoms with Crippen LogP contribution in [0.3, 0.4) is 0 Å². The van der Waals surface area contributed by atoms with Crippen LogP contribution in [-0.4, -0.2) is 42.9 Å². The van der Waals surface area contributed by atoms with Crippen LogP contribution in [0.5, 0.6) is 0 Å². The first kappa shape index (κ1) is 14.5. The van der Waals surface area contributed by atoms with Gasteiger partial charge in [0.2, 0.25) is 5.91 Å². The Morgan fingerprint density at radius 2 is 1.95 bits per heavy atom. The van der Waals surface area contributed by atoms with Gasteiger partial charge in [0.15, 0.2) is 0 Å². The van der Waals surface area contributed by atoms with Gasteiger partial charge in [-0.15, -0.1) is 11.6 Å². The summed E-state index contributed by atoms with van der Waals surface area (Å²) in [6.45, 7) is 3.25.